The fraction of sp³-hybridized carbons (Fsp3) is 0.111. The summed E-state index contributed by atoms with van der Waals surface area (Å²) in [5.74, 6) is 0.514. The Morgan fingerprint density at radius 3 is 2.94 bits per heavy atom. The van der Waals surface area contributed by atoms with E-state index in [0.717, 1.165) is 12.3 Å². The molecule has 1 heterocycles. The SMILES string of the molecule is C#CCOc1ncc(C(=O)O)cc1[N+](=O)[O-]. The molecule has 0 fully saturated rings. The van der Waals surface area contributed by atoms with Gasteiger partial charge in [0.15, 0.2) is 6.61 Å². The lowest BCUT2D eigenvalue weighted by atomic mass is 10.2. The number of carboxylic acid groups (broad SMARTS) is 1. The van der Waals surface area contributed by atoms with Gasteiger partial charge in [-0.25, -0.2) is 9.78 Å². The van der Waals surface area contributed by atoms with Crippen molar-refractivity contribution in [2.24, 2.45) is 0 Å². The Morgan fingerprint density at radius 2 is 2.44 bits per heavy atom. The molecule has 0 aliphatic heterocycles. The first-order chi connectivity index (χ1) is 7.56. The van der Waals surface area contributed by atoms with Gasteiger partial charge in [-0.2, -0.15) is 0 Å². The van der Waals surface area contributed by atoms with E-state index in [2.05, 4.69) is 10.9 Å². The zero-order chi connectivity index (χ0) is 12.1. The number of carboxylic acids is 1. The van der Waals surface area contributed by atoms with Crippen LogP contribution in [0.15, 0.2) is 12.3 Å². The van der Waals surface area contributed by atoms with E-state index in [1.165, 1.54) is 0 Å². The molecular weight excluding hydrogens is 216 g/mol. The lowest BCUT2D eigenvalue weighted by molar-refractivity contribution is -0.386. The molecule has 1 rings (SSSR count). The Hall–Kier alpha value is -2.62. The van der Waals surface area contributed by atoms with Crippen molar-refractivity contribution in [3.05, 3.63) is 27.9 Å². The normalized spacial score (nSPS) is 9.19. The van der Waals surface area contributed by atoms with Crippen LogP contribution >= 0.6 is 0 Å². The molecule has 0 aromatic carbocycles. The van der Waals surface area contributed by atoms with Crippen LogP contribution in [0.4, 0.5) is 5.69 Å². The first-order valence-electron chi connectivity index (χ1n) is 4.00. The third-order valence-electron chi connectivity index (χ3n) is 1.57. The van der Waals surface area contributed by atoms with Crippen molar-refractivity contribution in [1.82, 2.24) is 4.98 Å². The Labute approximate surface area is 89.8 Å². The number of hydrogen-bond acceptors (Lipinski definition) is 5. The number of hydrogen-bond donors (Lipinski definition) is 1. The maximum Gasteiger partial charge on any atom is 0.337 e. The summed E-state index contributed by atoms with van der Waals surface area (Å²) in [6.07, 6.45) is 5.87. The largest absolute Gasteiger partial charge is 0.478 e. The second kappa shape index (κ2) is 4.75. The van der Waals surface area contributed by atoms with E-state index in [1.807, 2.05) is 0 Å². The first kappa shape index (κ1) is 11.5. The Bertz CT molecular complexity index is 477. The Morgan fingerprint density at radius 1 is 1.75 bits per heavy atom. The smallest absolute Gasteiger partial charge is 0.337 e. The second-order valence-electron chi connectivity index (χ2n) is 2.60. The predicted octanol–water partition coefficient (Wildman–Crippen LogP) is 0.700. The maximum atomic E-state index is 10.6. The minimum atomic E-state index is -1.31. The van der Waals surface area contributed by atoms with Crippen LogP contribution in [-0.4, -0.2) is 27.6 Å². The highest BCUT2D eigenvalue weighted by Gasteiger charge is 2.19. The molecule has 0 aliphatic rings. The predicted molar refractivity (Wildman–Crippen MR) is 52.2 cm³/mol. The van der Waals surface area contributed by atoms with Gasteiger partial charge in [0.1, 0.15) is 0 Å². The number of nitrogens with zero attached hydrogens (tertiary/aromatic N) is 2. The summed E-state index contributed by atoms with van der Waals surface area (Å²) in [7, 11) is 0. The number of rotatable bonds is 4. The molecule has 0 spiro atoms. The van der Waals surface area contributed by atoms with Gasteiger partial charge in [-0.05, 0) is 0 Å². The summed E-state index contributed by atoms with van der Waals surface area (Å²) >= 11 is 0. The number of carbonyl (C=O) groups is 1. The Kier molecular flexibility index (Phi) is 3.40. The highest BCUT2D eigenvalue weighted by Crippen LogP contribution is 2.24. The minimum Gasteiger partial charge on any atom is -0.478 e. The standard InChI is InChI=1S/C9H6N2O5/c1-2-3-16-8-7(11(14)15)4-6(5-10-8)9(12)13/h1,4-5H,3H2,(H,12,13). The number of aromatic nitrogens is 1. The highest BCUT2D eigenvalue weighted by molar-refractivity contribution is 5.88. The minimum absolute atomic E-state index is 0.180. The van der Waals surface area contributed by atoms with Gasteiger partial charge in [0.25, 0.3) is 5.88 Å². The number of terminal acetylenes is 1. The third-order valence-corrected chi connectivity index (χ3v) is 1.57. The topological polar surface area (TPSA) is 103 Å². The van der Waals surface area contributed by atoms with Gasteiger partial charge in [0.05, 0.1) is 10.5 Å². The van der Waals surface area contributed by atoms with E-state index >= 15 is 0 Å². The lowest BCUT2D eigenvalue weighted by Gasteiger charge is -2.02. The number of nitro groups is 1. The molecule has 1 aromatic rings. The van der Waals surface area contributed by atoms with Crippen molar-refractivity contribution in [2.45, 2.75) is 0 Å². The van der Waals surface area contributed by atoms with Crippen LogP contribution in [0.25, 0.3) is 0 Å². The van der Waals surface area contributed by atoms with Crippen LogP contribution in [0.2, 0.25) is 0 Å². The van der Waals surface area contributed by atoms with E-state index in [0.29, 0.717) is 0 Å². The average Bonchev–Trinajstić information content (AvgIpc) is 2.25. The molecule has 0 saturated carbocycles. The van der Waals surface area contributed by atoms with Gasteiger partial charge < -0.3 is 9.84 Å². The van der Waals surface area contributed by atoms with Gasteiger partial charge in [-0.3, -0.25) is 10.1 Å². The zero-order valence-electron chi connectivity index (χ0n) is 7.91. The van der Waals surface area contributed by atoms with Crippen LogP contribution in [-0.2, 0) is 0 Å². The number of aromatic carboxylic acids is 1. The molecular formula is C9H6N2O5. The summed E-state index contributed by atoms with van der Waals surface area (Å²) in [6.45, 7) is -0.180. The fourth-order valence-corrected chi connectivity index (χ4v) is 0.910. The van der Waals surface area contributed by atoms with Crippen molar-refractivity contribution >= 4 is 11.7 Å². The van der Waals surface area contributed by atoms with Crippen molar-refractivity contribution in [1.29, 1.82) is 0 Å². The molecule has 16 heavy (non-hydrogen) atoms. The van der Waals surface area contributed by atoms with Gasteiger partial charge in [0, 0.05) is 12.3 Å². The lowest BCUT2D eigenvalue weighted by Crippen LogP contribution is -2.04. The zero-order valence-corrected chi connectivity index (χ0v) is 7.91. The third kappa shape index (κ3) is 2.45. The molecule has 7 heteroatoms. The monoisotopic (exact) mass is 222 g/mol. The van der Waals surface area contributed by atoms with E-state index in [9.17, 15) is 14.9 Å². The van der Waals surface area contributed by atoms with Crippen LogP contribution in [0.3, 0.4) is 0 Å². The molecule has 1 N–H and O–H groups in total. The van der Waals surface area contributed by atoms with Gasteiger partial charge in [0.2, 0.25) is 0 Å². The quantitative estimate of drug-likeness (QED) is 0.457. The number of ether oxygens (including phenoxy) is 1. The van der Waals surface area contributed by atoms with Crippen molar-refractivity contribution in [3.63, 3.8) is 0 Å². The van der Waals surface area contributed by atoms with Crippen molar-refractivity contribution in [2.75, 3.05) is 6.61 Å². The van der Waals surface area contributed by atoms with Crippen LogP contribution in [0.5, 0.6) is 5.88 Å². The molecule has 0 atom stereocenters. The molecule has 7 nitrogen and oxygen atoms in total. The number of pyridine rings is 1. The maximum absolute atomic E-state index is 10.6. The van der Waals surface area contributed by atoms with Crippen molar-refractivity contribution in [3.8, 4) is 18.2 Å². The van der Waals surface area contributed by atoms with Crippen molar-refractivity contribution < 1.29 is 19.6 Å². The summed E-state index contributed by atoms with van der Waals surface area (Å²) in [5.41, 5.74) is -0.824. The molecule has 0 aliphatic carbocycles. The molecule has 82 valence electrons. The van der Waals surface area contributed by atoms with E-state index < -0.39 is 16.6 Å². The summed E-state index contributed by atoms with van der Waals surface area (Å²) in [6, 6.07) is 0.862. The second-order valence-corrected chi connectivity index (χ2v) is 2.60. The molecule has 0 bridgehead atoms. The van der Waals surface area contributed by atoms with Gasteiger partial charge >= 0.3 is 11.7 Å². The summed E-state index contributed by atoms with van der Waals surface area (Å²) < 4.78 is 4.80. The van der Waals surface area contributed by atoms with Crippen LogP contribution in [0.1, 0.15) is 10.4 Å². The first-order valence-corrected chi connectivity index (χ1v) is 4.00. The van der Waals surface area contributed by atoms with E-state index in [1.54, 1.807) is 0 Å². The summed E-state index contributed by atoms with van der Waals surface area (Å²) in [4.78, 5) is 23.9. The average molecular weight is 222 g/mol. The van der Waals surface area contributed by atoms with Crippen LogP contribution < -0.4 is 4.74 Å². The van der Waals surface area contributed by atoms with E-state index in [-0.39, 0.29) is 18.1 Å². The van der Waals surface area contributed by atoms with Gasteiger partial charge in [-0.1, -0.05) is 5.92 Å². The van der Waals surface area contributed by atoms with Crippen LogP contribution in [0, 0.1) is 22.5 Å². The highest BCUT2D eigenvalue weighted by atomic mass is 16.6. The molecule has 0 saturated heterocycles. The molecule has 0 radical (unpaired) electrons. The van der Waals surface area contributed by atoms with E-state index in [4.69, 9.17) is 16.3 Å². The molecule has 1 aromatic heterocycles. The molecule has 0 amide bonds. The Balaban J connectivity index is 3.15. The van der Waals surface area contributed by atoms with Gasteiger partial charge in [-0.15, -0.1) is 6.42 Å². The fourth-order valence-electron chi connectivity index (χ4n) is 0.910. The molecule has 0 unspecified atom stereocenters. The summed E-state index contributed by atoms with van der Waals surface area (Å²) in [5, 5.41) is 19.2.